The lowest BCUT2D eigenvalue weighted by atomic mass is 10.0. The van der Waals surface area contributed by atoms with Gasteiger partial charge >= 0.3 is 5.97 Å². The SMILES string of the molecule is CSC(C)CC1OC(=O)C(C(=O)C2CCCO2)=C1O. The number of hydrogen-bond acceptors (Lipinski definition) is 6. The van der Waals surface area contributed by atoms with Crippen molar-refractivity contribution in [2.75, 3.05) is 12.9 Å². The van der Waals surface area contributed by atoms with Gasteiger partial charge in [-0.2, -0.15) is 11.8 Å². The van der Waals surface area contributed by atoms with Gasteiger partial charge in [0.2, 0.25) is 5.78 Å². The van der Waals surface area contributed by atoms with Crippen LogP contribution in [0.4, 0.5) is 0 Å². The standard InChI is InChI=1S/C13H18O5S/c1-7(19-2)6-9-12(15)10(13(16)18-9)11(14)8-4-3-5-17-8/h7-9,15H,3-6H2,1-2H3. The summed E-state index contributed by atoms with van der Waals surface area (Å²) < 4.78 is 10.3. The largest absolute Gasteiger partial charge is 0.507 e. The van der Waals surface area contributed by atoms with Crippen molar-refractivity contribution in [2.24, 2.45) is 0 Å². The molecule has 3 atom stereocenters. The minimum atomic E-state index is -0.726. The summed E-state index contributed by atoms with van der Waals surface area (Å²) in [7, 11) is 0. The Balaban J connectivity index is 2.13. The molecule has 0 bridgehead atoms. The molecule has 2 rings (SSSR count). The van der Waals surface area contributed by atoms with Gasteiger partial charge in [0, 0.05) is 18.3 Å². The van der Waals surface area contributed by atoms with Crippen LogP contribution < -0.4 is 0 Å². The number of ketones is 1. The zero-order valence-corrected chi connectivity index (χ0v) is 11.9. The van der Waals surface area contributed by atoms with Crippen LogP contribution in [0.3, 0.4) is 0 Å². The van der Waals surface area contributed by atoms with E-state index in [0.29, 0.717) is 19.4 Å². The lowest BCUT2D eigenvalue weighted by molar-refractivity contribution is -0.142. The van der Waals surface area contributed by atoms with Gasteiger partial charge in [-0.1, -0.05) is 6.92 Å². The van der Waals surface area contributed by atoms with Crippen molar-refractivity contribution < 1.29 is 24.2 Å². The summed E-state index contributed by atoms with van der Waals surface area (Å²) in [5.74, 6) is -1.40. The van der Waals surface area contributed by atoms with Crippen LogP contribution >= 0.6 is 11.8 Å². The van der Waals surface area contributed by atoms with E-state index in [1.54, 1.807) is 11.8 Å². The monoisotopic (exact) mass is 286 g/mol. The van der Waals surface area contributed by atoms with Gasteiger partial charge in [0.25, 0.3) is 0 Å². The number of aliphatic hydroxyl groups excluding tert-OH is 1. The average molecular weight is 286 g/mol. The second-order valence-corrected chi connectivity index (χ2v) is 6.08. The molecule has 2 heterocycles. The van der Waals surface area contributed by atoms with Crippen LogP contribution in [0.25, 0.3) is 0 Å². The summed E-state index contributed by atoms with van der Waals surface area (Å²) in [6.45, 7) is 2.50. The fourth-order valence-electron chi connectivity index (χ4n) is 2.24. The number of esters is 1. The molecule has 1 fully saturated rings. The third-order valence-corrected chi connectivity index (χ3v) is 4.43. The van der Waals surface area contributed by atoms with Crippen LogP contribution in [0.2, 0.25) is 0 Å². The number of cyclic esters (lactones) is 1. The molecule has 0 radical (unpaired) electrons. The van der Waals surface area contributed by atoms with Gasteiger partial charge in [-0.25, -0.2) is 4.79 Å². The predicted molar refractivity (Wildman–Crippen MR) is 71.1 cm³/mol. The van der Waals surface area contributed by atoms with Crippen LogP contribution in [0.1, 0.15) is 26.2 Å². The molecule has 0 spiro atoms. The molecule has 0 aromatic carbocycles. The van der Waals surface area contributed by atoms with E-state index in [2.05, 4.69) is 0 Å². The number of carbonyl (C=O) groups excluding carboxylic acids is 2. The second-order valence-electron chi connectivity index (χ2n) is 4.80. The highest BCUT2D eigenvalue weighted by Gasteiger charge is 2.42. The molecular weight excluding hydrogens is 268 g/mol. The van der Waals surface area contributed by atoms with Crippen LogP contribution in [-0.4, -0.2) is 47.2 Å². The fourth-order valence-corrected chi connectivity index (χ4v) is 2.61. The van der Waals surface area contributed by atoms with Crippen molar-refractivity contribution in [1.29, 1.82) is 0 Å². The molecule has 2 aliphatic rings. The Morgan fingerprint density at radius 1 is 1.58 bits per heavy atom. The quantitative estimate of drug-likeness (QED) is 0.611. The third-order valence-electron chi connectivity index (χ3n) is 3.43. The van der Waals surface area contributed by atoms with E-state index in [1.807, 2.05) is 13.2 Å². The molecule has 6 heteroatoms. The first-order valence-electron chi connectivity index (χ1n) is 6.37. The normalized spacial score (nSPS) is 28.6. The Morgan fingerprint density at radius 2 is 2.32 bits per heavy atom. The van der Waals surface area contributed by atoms with Gasteiger partial charge in [-0.15, -0.1) is 0 Å². The Kier molecular flexibility index (Phi) is 4.52. The van der Waals surface area contributed by atoms with Gasteiger partial charge in [0.1, 0.15) is 11.7 Å². The number of hydrogen-bond donors (Lipinski definition) is 1. The Morgan fingerprint density at radius 3 is 2.89 bits per heavy atom. The van der Waals surface area contributed by atoms with E-state index in [1.165, 1.54) is 0 Å². The molecular formula is C13H18O5S. The van der Waals surface area contributed by atoms with E-state index >= 15 is 0 Å². The zero-order valence-electron chi connectivity index (χ0n) is 11.0. The number of aliphatic hydroxyl groups is 1. The first-order valence-corrected chi connectivity index (χ1v) is 7.66. The Bertz CT molecular complexity index is 411. The zero-order chi connectivity index (χ0) is 14.0. The lowest BCUT2D eigenvalue weighted by Gasteiger charge is -2.13. The maximum absolute atomic E-state index is 12.1. The van der Waals surface area contributed by atoms with Crippen molar-refractivity contribution in [3.05, 3.63) is 11.3 Å². The smallest absolute Gasteiger partial charge is 0.346 e. The van der Waals surface area contributed by atoms with E-state index in [4.69, 9.17) is 9.47 Å². The van der Waals surface area contributed by atoms with Gasteiger partial charge in [-0.05, 0) is 19.1 Å². The van der Waals surface area contributed by atoms with Crippen LogP contribution in [0.15, 0.2) is 11.3 Å². The second kappa shape index (κ2) is 5.96. The maximum Gasteiger partial charge on any atom is 0.346 e. The summed E-state index contributed by atoms with van der Waals surface area (Å²) in [6, 6.07) is 0. The molecule has 0 aliphatic carbocycles. The van der Waals surface area contributed by atoms with E-state index in [9.17, 15) is 14.7 Å². The minimum Gasteiger partial charge on any atom is -0.507 e. The number of carbonyl (C=O) groups is 2. The first kappa shape index (κ1) is 14.4. The number of rotatable bonds is 5. The highest BCUT2D eigenvalue weighted by atomic mass is 32.2. The van der Waals surface area contributed by atoms with Crippen LogP contribution in [-0.2, 0) is 19.1 Å². The summed E-state index contributed by atoms with van der Waals surface area (Å²) in [5, 5.41) is 10.3. The van der Waals surface area contributed by atoms with Crippen molar-refractivity contribution in [1.82, 2.24) is 0 Å². The van der Waals surface area contributed by atoms with Crippen molar-refractivity contribution in [2.45, 2.75) is 43.6 Å². The summed E-state index contributed by atoms with van der Waals surface area (Å²) in [6.07, 6.45) is 2.53. The molecule has 106 valence electrons. The molecule has 2 aliphatic heterocycles. The molecule has 0 amide bonds. The average Bonchev–Trinajstić information content (AvgIpc) is 2.99. The maximum atomic E-state index is 12.1. The number of Topliss-reactive ketones (excluding diaryl/α,β-unsaturated/α-hetero) is 1. The number of ether oxygens (including phenoxy) is 2. The lowest BCUT2D eigenvalue weighted by Crippen LogP contribution is -2.24. The summed E-state index contributed by atoms with van der Waals surface area (Å²) in [4.78, 5) is 23.9. The first-order chi connectivity index (χ1) is 9.04. The molecule has 5 nitrogen and oxygen atoms in total. The minimum absolute atomic E-state index is 0.217. The van der Waals surface area contributed by atoms with E-state index < -0.39 is 24.0 Å². The fraction of sp³-hybridized carbons (Fsp3) is 0.692. The highest BCUT2D eigenvalue weighted by molar-refractivity contribution is 7.99. The van der Waals surface area contributed by atoms with Crippen LogP contribution in [0.5, 0.6) is 0 Å². The Labute approximate surface area is 116 Å². The topological polar surface area (TPSA) is 72.8 Å². The molecule has 1 saturated heterocycles. The predicted octanol–water partition coefficient (Wildman–Crippen LogP) is 1.61. The van der Waals surface area contributed by atoms with E-state index in [-0.39, 0.29) is 16.6 Å². The van der Waals surface area contributed by atoms with Crippen molar-refractivity contribution in [3.63, 3.8) is 0 Å². The highest BCUT2D eigenvalue weighted by Crippen LogP contribution is 2.29. The Hall–Kier alpha value is -1.01. The van der Waals surface area contributed by atoms with Gasteiger partial charge < -0.3 is 14.6 Å². The molecule has 0 saturated carbocycles. The summed E-state index contributed by atoms with van der Waals surface area (Å²) in [5.41, 5.74) is -0.217. The van der Waals surface area contributed by atoms with Gasteiger partial charge in [-0.3, -0.25) is 4.79 Å². The van der Waals surface area contributed by atoms with Crippen LogP contribution in [0, 0.1) is 0 Å². The van der Waals surface area contributed by atoms with E-state index in [0.717, 1.165) is 6.42 Å². The molecule has 3 unspecified atom stereocenters. The third kappa shape index (κ3) is 2.95. The van der Waals surface area contributed by atoms with Crippen molar-refractivity contribution in [3.8, 4) is 0 Å². The van der Waals surface area contributed by atoms with Crippen molar-refractivity contribution >= 4 is 23.5 Å². The van der Waals surface area contributed by atoms with Gasteiger partial charge in [0.05, 0.1) is 0 Å². The summed E-state index contributed by atoms with van der Waals surface area (Å²) >= 11 is 1.62. The molecule has 0 aromatic rings. The molecule has 0 aromatic heterocycles. The van der Waals surface area contributed by atoms with Gasteiger partial charge in [0.15, 0.2) is 11.9 Å². The molecule has 19 heavy (non-hydrogen) atoms. The molecule has 1 N–H and O–H groups in total. The number of thioether (sulfide) groups is 1.